The summed E-state index contributed by atoms with van der Waals surface area (Å²) in [7, 11) is 1.41. The lowest BCUT2D eigenvalue weighted by atomic mass is 9.80. The third-order valence-electron chi connectivity index (χ3n) is 3.73. The summed E-state index contributed by atoms with van der Waals surface area (Å²) in [6.45, 7) is 5.91. The van der Waals surface area contributed by atoms with Gasteiger partial charge in [0.2, 0.25) is 5.60 Å². The van der Waals surface area contributed by atoms with Gasteiger partial charge in [0.25, 0.3) is 0 Å². The van der Waals surface area contributed by atoms with Crippen LogP contribution in [0, 0.1) is 9.49 Å². The van der Waals surface area contributed by atoms with Crippen molar-refractivity contribution in [2.24, 2.45) is 5.92 Å². The largest absolute Gasteiger partial charge is 0.467 e. The first-order valence-electron chi connectivity index (χ1n) is 5.93. The standard InChI is InChI=1S/C14H17IO3/c1-9(2)14(12(16)17-4)13(3,18-14)10-5-7-11(15)8-6-10/h5-9H,1-4H3. The molecule has 3 nitrogen and oxygen atoms in total. The van der Waals surface area contributed by atoms with Crippen LogP contribution in [0.25, 0.3) is 0 Å². The van der Waals surface area contributed by atoms with Crippen LogP contribution in [0.3, 0.4) is 0 Å². The van der Waals surface area contributed by atoms with E-state index in [0.29, 0.717) is 0 Å². The van der Waals surface area contributed by atoms with Crippen molar-refractivity contribution in [2.45, 2.75) is 32.0 Å². The van der Waals surface area contributed by atoms with Gasteiger partial charge in [0.1, 0.15) is 5.60 Å². The van der Waals surface area contributed by atoms with E-state index >= 15 is 0 Å². The van der Waals surface area contributed by atoms with Gasteiger partial charge in [-0.15, -0.1) is 0 Å². The summed E-state index contributed by atoms with van der Waals surface area (Å²) < 4.78 is 11.9. The molecule has 0 amide bonds. The first-order chi connectivity index (χ1) is 8.38. The highest BCUT2D eigenvalue weighted by atomic mass is 127. The molecule has 98 valence electrons. The SMILES string of the molecule is COC(=O)C1(C(C)C)OC1(C)c1ccc(I)cc1. The molecule has 0 N–H and O–H groups in total. The summed E-state index contributed by atoms with van der Waals surface area (Å²) in [4.78, 5) is 12.0. The van der Waals surface area contributed by atoms with Crippen molar-refractivity contribution in [1.82, 2.24) is 0 Å². The summed E-state index contributed by atoms with van der Waals surface area (Å²) in [6.07, 6.45) is 0. The fraction of sp³-hybridized carbons (Fsp3) is 0.500. The topological polar surface area (TPSA) is 38.8 Å². The Hall–Kier alpha value is -0.620. The molecule has 1 heterocycles. The first kappa shape index (κ1) is 13.8. The molecule has 0 aliphatic carbocycles. The Bertz CT molecular complexity index is 468. The van der Waals surface area contributed by atoms with Gasteiger partial charge in [-0.1, -0.05) is 26.0 Å². The monoisotopic (exact) mass is 360 g/mol. The fourth-order valence-corrected chi connectivity index (χ4v) is 2.99. The van der Waals surface area contributed by atoms with Crippen LogP contribution in [0.1, 0.15) is 26.3 Å². The molecule has 0 spiro atoms. The summed E-state index contributed by atoms with van der Waals surface area (Å²) in [5.74, 6) is -0.229. The second-order valence-corrected chi connectivity index (χ2v) is 6.27. The maximum Gasteiger partial charge on any atom is 0.341 e. The number of epoxide rings is 1. The van der Waals surface area contributed by atoms with Crippen molar-refractivity contribution >= 4 is 28.6 Å². The molecule has 1 fully saturated rings. The van der Waals surface area contributed by atoms with Gasteiger partial charge in [-0.2, -0.15) is 0 Å². The minimum atomic E-state index is -0.853. The summed E-state index contributed by atoms with van der Waals surface area (Å²) in [5.41, 5.74) is -0.422. The van der Waals surface area contributed by atoms with Crippen LogP contribution >= 0.6 is 22.6 Å². The minimum absolute atomic E-state index is 0.0641. The molecule has 0 aromatic heterocycles. The maximum atomic E-state index is 12.0. The van der Waals surface area contributed by atoms with E-state index in [1.807, 2.05) is 45.0 Å². The van der Waals surface area contributed by atoms with Crippen molar-refractivity contribution in [1.29, 1.82) is 0 Å². The number of hydrogen-bond donors (Lipinski definition) is 0. The Labute approximate surface area is 121 Å². The molecule has 1 aliphatic heterocycles. The Morgan fingerprint density at radius 1 is 1.33 bits per heavy atom. The van der Waals surface area contributed by atoms with Crippen molar-refractivity contribution in [2.75, 3.05) is 7.11 Å². The van der Waals surface area contributed by atoms with Crippen LogP contribution in [0.5, 0.6) is 0 Å². The molecule has 18 heavy (non-hydrogen) atoms. The number of esters is 1. The molecule has 1 aromatic rings. The lowest BCUT2D eigenvalue weighted by Crippen LogP contribution is -2.37. The molecule has 1 aromatic carbocycles. The number of rotatable bonds is 3. The highest BCUT2D eigenvalue weighted by molar-refractivity contribution is 14.1. The van der Waals surface area contributed by atoms with Crippen molar-refractivity contribution in [3.63, 3.8) is 0 Å². The zero-order valence-corrected chi connectivity index (χ0v) is 13.1. The number of hydrogen-bond acceptors (Lipinski definition) is 3. The molecule has 1 aliphatic rings. The van der Waals surface area contributed by atoms with Crippen molar-refractivity contribution in [3.8, 4) is 0 Å². The van der Waals surface area contributed by atoms with Crippen LogP contribution in [0.15, 0.2) is 24.3 Å². The van der Waals surface area contributed by atoms with Gasteiger partial charge in [-0.05, 0) is 53.1 Å². The van der Waals surface area contributed by atoms with E-state index in [4.69, 9.17) is 9.47 Å². The van der Waals surface area contributed by atoms with Gasteiger partial charge in [0, 0.05) is 3.57 Å². The number of benzene rings is 1. The molecule has 0 radical (unpaired) electrons. The number of ether oxygens (including phenoxy) is 2. The first-order valence-corrected chi connectivity index (χ1v) is 7.01. The summed E-state index contributed by atoms with van der Waals surface area (Å²) in [5, 5.41) is 0. The molecule has 2 atom stereocenters. The van der Waals surface area contributed by atoms with Gasteiger partial charge < -0.3 is 9.47 Å². The van der Waals surface area contributed by atoms with E-state index in [1.54, 1.807) is 0 Å². The average molecular weight is 360 g/mol. The average Bonchev–Trinajstić information content (AvgIpc) is 2.98. The van der Waals surface area contributed by atoms with E-state index in [1.165, 1.54) is 7.11 Å². The molecular formula is C14H17IO3. The maximum absolute atomic E-state index is 12.0. The lowest BCUT2D eigenvalue weighted by Gasteiger charge is -2.18. The van der Waals surface area contributed by atoms with Gasteiger partial charge in [0.05, 0.1) is 7.11 Å². The molecule has 1 saturated heterocycles. The Morgan fingerprint density at radius 2 is 1.89 bits per heavy atom. The zero-order chi connectivity index (χ0) is 13.6. The van der Waals surface area contributed by atoms with Gasteiger partial charge >= 0.3 is 5.97 Å². The van der Waals surface area contributed by atoms with Crippen LogP contribution in [-0.2, 0) is 19.9 Å². The molecule has 2 rings (SSSR count). The molecule has 0 bridgehead atoms. The van der Waals surface area contributed by atoms with E-state index in [2.05, 4.69) is 22.6 Å². The third kappa shape index (κ3) is 1.77. The number of carbonyl (C=O) groups is 1. The quantitative estimate of drug-likeness (QED) is 0.472. The Kier molecular flexibility index (Phi) is 3.44. The molecule has 2 unspecified atom stereocenters. The molecular weight excluding hydrogens is 343 g/mol. The number of methoxy groups -OCH3 is 1. The van der Waals surface area contributed by atoms with E-state index in [0.717, 1.165) is 9.13 Å². The van der Waals surface area contributed by atoms with Crippen LogP contribution in [0.4, 0.5) is 0 Å². The van der Waals surface area contributed by atoms with Crippen molar-refractivity contribution < 1.29 is 14.3 Å². The van der Waals surface area contributed by atoms with Crippen LogP contribution in [-0.4, -0.2) is 18.7 Å². The Morgan fingerprint density at radius 3 is 2.33 bits per heavy atom. The van der Waals surface area contributed by atoms with E-state index in [-0.39, 0.29) is 11.9 Å². The second-order valence-electron chi connectivity index (χ2n) is 5.02. The fourth-order valence-electron chi connectivity index (χ4n) is 2.63. The predicted molar refractivity (Wildman–Crippen MR) is 77.2 cm³/mol. The highest BCUT2D eigenvalue weighted by Gasteiger charge is 2.75. The summed E-state index contributed by atoms with van der Waals surface area (Å²) >= 11 is 2.26. The number of carbonyl (C=O) groups excluding carboxylic acids is 1. The molecule has 4 heteroatoms. The van der Waals surface area contributed by atoms with E-state index in [9.17, 15) is 4.79 Å². The predicted octanol–water partition coefficient (Wildman–Crippen LogP) is 3.10. The minimum Gasteiger partial charge on any atom is -0.467 e. The summed E-state index contributed by atoms with van der Waals surface area (Å²) in [6, 6.07) is 8.06. The zero-order valence-electron chi connectivity index (χ0n) is 11.0. The van der Waals surface area contributed by atoms with Crippen molar-refractivity contribution in [3.05, 3.63) is 33.4 Å². The van der Waals surface area contributed by atoms with Crippen LogP contribution in [0.2, 0.25) is 0 Å². The number of halogens is 1. The molecule has 0 saturated carbocycles. The lowest BCUT2D eigenvalue weighted by molar-refractivity contribution is -0.148. The Balaban J connectivity index is 2.40. The second kappa shape index (κ2) is 4.49. The highest BCUT2D eigenvalue weighted by Crippen LogP contribution is 2.60. The van der Waals surface area contributed by atoms with E-state index < -0.39 is 11.2 Å². The smallest absolute Gasteiger partial charge is 0.341 e. The van der Waals surface area contributed by atoms with Gasteiger partial charge in [-0.25, -0.2) is 4.79 Å². The van der Waals surface area contributed by atoms with Crippen LogP contribution < -0.4 is 0 Å². The normalized spacial score (nSPS) is 30.3. The van der Waals surface area contributed by atoms with Gasteiger partial charge in [0.15, 0.2) is 0 Å². The third-order valence-corrected chi connectivity index (χ3v) is 4.45. The van der Waals surface area contributed by atoms with Gasteiger partial charge in [-0.3, -0.25) is 0 Å².